The van der Waals surface area contributed by atoms with Gasteiger partial charge in [-0.25, -0.2) is 9.59 Å². The second-order valence-electron chi connectivity index (χ2n) is 7.21. The molecule has 0 atom stereocenters. The smallest absolute Gasteiger partial charge is 0.337 e. The van der Waals surface area contributed by atoms with Crippen molar-refractivity contribution in [1.29, 1.82) is 0 Å². The summed E-state index contributed by atoms with van der Waals surface area (Å²) in [6, 6.07) is 11.8. The van der Waals surface area contributed by atoms with E-state index in [1.54, 1.807) is 47.4 Å². The Morgan fingerprint density at radius 1 is 1.14 bits per heavy atom. The molecule has 2 aliphatic heterocycles. The van der Waals surface area contributed by atoms with Gasteiger partial charge in [0.2, 0.25) is 5.91 Å². The lowest BCUT2D eigenvalue weighted by Gasteiger charge is -2.38. The van der Waals surface area contributed by atoms with Gasteiger partial charge in [0, 0.05) is 29.5 Å². The van der Waals surface area contributed by atoms with Crippen molar-refractivity contribution in [3.63, 3.8) is 0 Å². The number of carbonyl (C=O) groups excluding carboxylic acids is 3. The summed E-state index contributed by atoms with van der Waals surface area (Å²) < 4.78 is 4.80. The van der Waals surface area contributed by atoms with Crippen LogP contribution in [0.2, 0.25) is 5.02 Å². The molecule has 2 aliphatic rings. The Labute approximate surface area is 173 Å². The number of methoxy groups -OCH3 is 1. The standard InChI is InChI=1S/C21H20ClN3O4/c1-29-18(26)13-2-7-17-16(12-13)21(19(27)24-17)8-10-25(11-9-21)20(28)23-15-5-3-14(22)4-6-15/h2-7,12H,8-11H2,1H3,(H,23,28)(H,24,27). The van der Waals surface area contributed by atoms with Gasteiger partial charge in [-0.3, -0.25) is 4.79 Å². The van der Waals surface area contributed by atoms with E-state index in [1.807, 2.05) is 0 Å². The van der Waals surface area contributed by atoms with Gasteiger partial charge < -0.3 is 20.3 Å². The van der Waals surface area contributed by atoms with Crippen molar-refractivity contribution in [2.45, 2.75) is 18.3 Å². The van der Waals surface area contributed by atoms with Crippen molar-refractivity contribution in [3.8, 4) is 0 Å². The monoisotopic (exact) mass is 413 g/mol. The lowest BCUT2D eigenvalue weighted by molar-refractivity contribution is -0.122. The highest BCUT2D eigenvalue weighted by atomic mass is 35.5. The molecule has 1 spiro atoms. The number of amides is 3. The molecule has 2 heterocycles. The van der Waals surface area contributed by atoms with Crippen molar-refractivity contribution in [3.05, 3.63) is 58.6 Å². The zero-order chi connectivity index (χ0) is 20.6. The topological polar surface area (TPSA) is 87.7 Å². The molecule has 0 bridgehead atoms. The van der Waals surface area contributed by atoms with Gasteiger partial charge in [0.05, 0.1) is 18.1 Å². The number of carbonyl (C=O) groups is 3. The molecule has 1 fully saturated rings. The molecule has 0 aromatic heterocycles. The number of hydrogen-bond donors (Lipinski definition) is 2. The number of piperidine rings is 1. The van der Waals surface area contributed by atoms with E-state index in [2.05, 4.69) is 10.6 Å². The van der Waals surface area contributed by atoms with Crippen LogP contribution in [0.15, 0.2) is 42.5 Å². The second kappa shape index (κ2) is 7.40. The first-order chi connectivity index (χ1) is 13.9. The first-order valence-corrected chi connectivity index (χ1v) is 9.66. The molecule has 1 saturated heterocycles. The van der Waals surface area contributed by atoms with E-state index in [0.717, 1.165) is 5.56 Å². The number of nitrogens with zero attached hydrogens (tertiary/aromatic N) is 1. The minimum atomic E-state index is -0.740. The number of urea groups is 1. The third-order valence-corrected chi connectivity index (χ3v) is 5.89. The molecule has 0 unspecified atom stereocenters. The lowest BCUT2D eigenvalue weighted by atomic mass is 9.73. The third kappa shape index (κ3) is 3.42. The minimum Gasteiger partial charge on any atom is -0.465 e. The Bertz CT molecular complexity index is 982. The van der Waals surface area contributed by atoms with Crippen LogP contribution in [0.1, 0.15) is 28.8 Å². The molecule has 2 aromatic carbocycles. The summed E-state index contributed by atoms with van der Waals surface area (Å²) in [5.74, 6) is -0.533. The maximum absolute atomic E-state index is 12.8. The van der Waals surface area contributed by atoms with E-state index >= 15 is 0 Å². The number of rotatable bonds is 2. The number of ether oxygens (including phenoxy) is 1. The fraction of sp³-hybridized carbons (Fsp3) is 0.286. The molecule has 2 N–H and O–H groups in total. The quantitative estimate of drug-likeness (QED) is 0.736. The fourth-order valence-electron chi connectivity index (χ4n) is 3.98. The Morgan fingerprint density at radius 3 is 2.48 bits per heavy atom. The highest BCUT2D eigenvalue weighted by Gasteiger charge is 2.49. The summed E-state index contributed by atoms with van der Waals surface area (Å²) in [5.41, 5.74) is 1.83. The zero-order valence-corrected chi connectivity index (χ0v) is 16.6. The van der Waals surface area contributed by atoms with Gasteiger partial charge in [-0.1, -0.05) is 11.6 Å². The highest BCUT2D eigenvalue weighted by molar-refractivity contribution is 6.30. The van der Waals surface area contributed by atoms with Crippen LogP contribution >= 0.6 is 11.6 Å². The van der Waals surface area contributed by atoms with Gasteiger partial charge in [-0.05, 0) is 60.9 Å². The predicted molar refractivity (Wildman–Crippen MR) is 109 cm³/mol. The normalized spacial score (nSPS) is 16.9. The number of hydrogen-bond acceptors (Lipinski definition) is 4. The van der Waals surface area contributed by atoms with Gasteiger partial charge in [0.15, 0.2) is 0 Å². The average molecular weight is 414 g/mol. The van der Waals surface area contributed by atoms with Crippen molar-refractivity contribution in [2.24, 2.45) is 0 Å². The minimum absolute atomic E-state index is 0.0905. The van der Waals surface area contributed by atoms with Crippen LogP contribution < -0.4 is 10.6 Å². The van der Waals surface area contributed by atoms with Gasteiger partial charge in [0.25, 0.3) is 0 Å². The number of benzene rings is 2. The number of nitrogens with one attached hydrogen (secondary N) is 2. The van der Waals surface area contributed by atoms with E-state index in [9.17, 15) is 14.4 Å². The maximum atomic E-state index is 12.8. The van der Waals surface area contributed by atoms with Crippen LogP contribution in [-0.4, -0.2) is 43.0 Å². The molecule has 29 heavy (non-hydrogen) atoms. The molecule has 3 amide bonds. The molecule has 7 nitrogen and oxygen atoms in total. The number of esters is 1. The van der Waals surface area contributed by atoms with Gasteiger partial charge >= 0.3 is 12.0 Å². The van der Waals surface area contributed by atoms with E-state index in [-0.39, 0.29) is 11.9 Å². The van der Waals surface area contributed by atoms with Gasteiger partial charge in [-0.15, -0.1) is 0 Å². The first-order valence-electron chi connectivity index (χ1n) is 9.29. The molecule has 0 radical (unpaired) electrons. The van der Waals surface area contributed by atoms with Crippen molar-refractivity contribution in [2.75, 3.05) is 30.8 Å². The fourth-order valence-corrected chi connectivity index (χ4v) is 4.11. The van der Waals surface area contributed by atoms with Crippen molar-refractivity contribution >= 4 is 40.9 Å². The molecular formula is C21H20ClN3O4. The van der Waals surface area contributed by atoms with Crippen molar-refractivity contribution < 1.29 is 19.1 Å². The summed E-state index contributed by atoms with van der Waals surface area (Å²) in [4.78, 5) is 39.0. The zero-order valence-electron chi connectivity index (χ0n) is 15.8. The van der Waals surface area contributed by atoms with Crippen LogP contribution in [0.3, 0.4) is 0 Å². The summed E-state index contributed by atoms with van der Waals surface area (Å²) in [6.45, 7) is 0.851. The number of halogens is 1. The van der Waals surface area contributed by atoms with Crippen LogP contribution in [0.25, 0.3) is 0 Å². The summed E-state index contributed by atoms with van der Waals surface area (Å²) >= 11 is 5.87. The van der Waals surface area contributed by atoms with Crippen LogP contribution in [0.4, 0.5) is 16.2 Å². The molecule has 0 saturated carbocycles. The van der Waals surface area contributed by atoms with Gasteiger partial charge in [0.1, 0.15) is 0 Å². The second-order valence-corrected chi connectivity index (χ2v) is 7.65. The Kier molecular flexibility index (Phi) is 4.92. The van der Waals surface area contributed by atoms with E-state index in [0.29, 0.717) is 47.9 Å². The largest absolute Gasteiger partial charge is 0.465 e. The average Bonchev–Trinajstić information content (AvgIpc) is 3.00. The molecule has 150 valence electrons. The van der Waals surface area contributed by atoms with E-state index in [1.165, 1.54) is 7.11 Å². The molecule has 4 rings (SSSR count). The number of likely N-dealkylation sites (tertiary alicyclic amines) is 1. The molecule has 0 aliphatic carbocycles. The van der Waals surface area contributed by atoms with Gasteiger partial charge in [-0.2, -0.15) is 0 Å². The lowest BCUT2D eigenvalue weighted by Crippen LogP contribution is -2.49. The van der Waals surface area contributed by atoms with Crippen LogP contribution in [0.5, 0.6) is 0 Å². The predicted octanol–water partition coefficient (Wildman–Crippen LogP) is 3.64. The Hall–Kier alpha value is -3.06. The molecular weight excluding hydrogens is 394 g/mol. The SMILES string of the molecule is COC(=O)c1ccc2c(c1)C1(CCN(C(=O)Nc3ccc(Cl)cc3)CC1)C(=O)N2. The number of anilines is 2. The van der Waals surface area contributed by atoms with Crippen LogP contribution in [0, 0.1) is 0 Å². The molecule has 2 aromatic rings. The van der Waals surface area contributed by atoms with Crippen molar-refractivity contribution in [1.82, 2.24) is 4.90 Å². The van der Waals surface area contributed by atoms with Crippen LogP contribution in [-0.2, 0) is 14.9 Å². The first kappa shape index (κ1) is 19.3. The third-order valence-electron chi connectivity index (χ3n) is 5.64. The van der Waals surface area contributed by atoms with E-state index in [4.69, 9.17) is 16.3 Å². The maximum Gasteiger partial charge on any atom is 0.337 e. The Balaban J connectivity index is 1.50. The summed E-state index contributed by atoms with van der Waals surface area (Å²) in [5, 5.41) is 6.35. The molecule has 8 heteroatoms. The highest BCUT2D eigenvalue weighted by Crippen LogP contribution is 2.45. The summed E-state index contributed by atoms with van der Waals surface area (Å²) in [6.07, 6.45) is 0.953. The van der Waals surface area contributed by atoms with E-state index < -0.39 is 11.4 Å². The Morgan fingerprint density at radius 2 is 1.83 bits per heavy atom. The summed E-state index contributed by atoms with van der Waals surface area (Å²) in [7, 11) is 1.33. The number of fused-ring (bicyclic) bond motifs is 2.